The topological polar surface area (TPSA) is 67.6 Å². The molecule has 0 aliphatic carbocycles. The van der Waals surface area contributed by atoms with Crippen molar-refractivity contribution >= 4 is 23.1 Å². The van der Waals surface area contributed by atoms with E-state index in [0.29, 0.717) is 18.7 Å². The van der Waals surface area contributed by atoms with Gasteiger partial charge in [-0.1, -0.05) is 30.3 Å². The van der Waals surface area contributed by atoms with Crippen molar-refractivity contribution < 1.29 is 9.53 Å². The maximum atomic E-state index is 12.9. The fourth-order valence-corrected chi connectivity index (χ4v) is 2.80. The van der Waals surface area contributed by atoms with Crippen LogP contribution in [-0.4, -0.2) is 19.7 Å². The van der Waals surface area contributed by atoms with Crippen LogP contribution in [-0.2, 0) is 6.42 Å². The van der Waals surface area contributed by atoms with Gasteiger partial charge < -0.3 is 15.8 Å². The molecule has 3 aromatic rings. The molecule has 0 aromatic heterocycles. The summed E-state index contributed by atoms with van der Waals surface area (Å²) in [7, 11) is 1.64. The summed E-state index contributed by atoms with van der Waals surface area (Å²) >= 11 is 0. The average Bonchev–Trinajstić information content (AvgIpc) is 2.71. The summed E-state index contributed by atoms with van der Waals surface area (Å²) in [5.74, 6) is 0.812. The Labute approximate surface area is 159 Å². The Balaban J connectivity index is 1.72. The van der Waals surface area contributed by atoms with Crippen molar-refractivity contribution in [1.82, 2.24) is 5.32 Å². The van der Waals surface area contributed by atoms with E-state index in [1.165, 1.54) is 0 Å². The highest BCUT2D eigenvalue weighted by molar-refractivity contribution is 5.99. The van der Waals surface area contributed by atoms with Crippen LogP contribution in [0.15, 0.2) is 78.9 Å². The molecule has 0 unspecified atom stereocenters. The van der Waals surface area contributed by atoms with Gasteiger partial charge in [0.2, 0.25) is 0 Å². The predicted molar refractivity (Wildman–Crippen MR) is 110 cm³/mol. The number of benzene rings is 3. The van der Waals surface area contributed by atoms with Crippen molar-refractivity contribution in [2.75, 3.05) is 24.3 Å². The monoisotopic (exact) mass is 361 g/mol. The lowest BCUT2D eigenvalue weighted by atomic mass is 10.1. The van der Waals surface area contributed by atoms with E-state index in [1.54, 1.807) is 24.1 Å². The first kappa shape index (κ1) is 18.3. The standard InChI is InChI=1S/C22H23N3O2/c1-27-21-9-5-6-17(16-21)14-15-24-22(26)25(19-7-3-2-4-8-19)20-12-10-18(23)11-13-20/h2-13,16H,14-15,23H2,1H3,(H,24,26). The Kier molecular flexibility index (Phi) is 5.94. The number of carbonyl (C=O) groups excluding carboxylic acids is 1. The van der Waals surface area contributed by atoms with Gasteiger partial charge in [-0.3, -0.25) is 4.90 Å². The first-order valence-corrected chi connectivity index (χ1v) is 8.79. The lowest BCUT2D eigenvalue weighted by Crippen LogP contribution is -2.37. The van der Waals surface area contributed by atoms with Gasteiger partial charge in [-0.05, 0) is 60.5 Å². The first-order chi connectivity index (χ1) is 13.2. The lowest BCUT2D eigenvalue weighted by molar-refractivity contribution is 0.248. The fourth-order valence-electron chi connectivity index (χ4n) is 2.80. The van der Waals surface area contributed by atoms with Crippen LogP contribution >= 0.6 is 0 Å². The summed E-state index contributed by atoms with van der Waals surface area (Å²) in [4.78, 5) is 14.5. The van der Waals surface area contributed by atoms with Gasteiger partial charge in [0, 0.05) is 12.2 Å². The van der Waals surface area contributed by atoms with Crippen molar-refractivity contribution in [2.45, 2.75) is 6.42 Å². The third-order valence-electron chi connectivity index (χ3n) is 4.19. The number of hydrogen-bond acceptors (Lipinski definition) is 3. The molecule has 0 saturated heterocycles. The van der Waals surface area contributed by atoms with E-state index in [0.717, 1.165) is 22.7 Å². The van der Waals surface area contributed by atoms with Crippen LogP contribution in [0.3, 0.4) is 0 Å². The molecule has 0 aliphatic heterocycles. The summed E-state index contributed by atoms with van der Waals surface area (Å²) in [5.41, 5.74) is 9.09. The number of methoxy groups -OCH3 is 1. The maximum Gasteiger partial charge on any atom is 0.326 e. The van der Waals surface area contributed by atoms with E-state index in [4.69, 9.17) is 10.5 Å². The van der Waals surface area contributed by atoms with Crippen LogP contribution in [0.25, 0.3) is 0 Å². The van der Waals surface area contributed by atoms with Crippen LogP contribution in [0.2, 0.25) is 0 Å². The van der Waals surface area contributed by atoms with Gasteiger partial charge in [-0.2, -0.15) is 0 Å². The number of carbonyl (C=O) groups is 1. The summed E-state index contributed by atoms with van der Waals surface area (Å²) in [6.45, 7) is 0.518. The third kappa shape index (κ3) is 4.79. The molecule has 0 fully saturated rings. The zero-order valence-corrected chi connectivity index (χ0v) is 15.3. The maximum absolute atomic E-state index is 12.9. The van der Waals surface area contributed by atoms with Crippen molar-refractivity contribution in [3.63, 3.8) is 0 Å². The third-order valence-corrected chi connectivity index (χ3v) is 4.19. The highest BCUT2D eigenvalue weighted by Gasteiger charge is 2.17. The molecule has 3 rings (SSSR count). The van der Waals surface area contributed by atoms with E-state index in [2.05, 4.69) is 5.32 Å². The number of ether oxygens (including phenoxy) is 1. The molecule has 0 aliphatic rings. The van der Waals surface area contributed by atoms with Gasteiger partial charge in [0.15, 0.2) is 0 Å². The molecule has 0 saturated carbocycles. The zero-order valence-electron chi connectivity index (χ0n) is 15.3. The second-order valence-electron chi connectivity index (χ2n) is 6.10. The van der Waals surface area contributed by atoms with Crippen molar-refractivity contribution in [3.05, 3.63) is 84.4 Å². The highest BCUT2D eigenvalue weighted by Crippen LogP contribution is 2.26. The van der Waals surface area contributed by atoms with Gasteiger partial charge >= 0.3 is 6.03 Å². The molecular weight excluding hydrogens is 338 g/mol. The number of anilines is 3. The van der Waals surface area contributed by atoms with Crippen molar-refractivity contribution in [2.24, 2.45) is 0 Å². The van der Waals surface area contributed by atoms with Crippen LogP contribution in [0.5, 0.6) is 5.75 Å². The SMILES string of the molecule is COc1cccc(CCNC(=O)N(c2ccccc2)c2ccc(N)cc2)c1. The number of hydrogen-bond donors (Lipinski definition) is 2. The summed E-state index contributed by atoms with van der Waals surface area (Å²) < 4.78 is 5.24. The molecule has 5 heteroatoms. The van der Waals surface area contributed by atoms with E-state index < -0.39 is 0 Å². The van der Waals surface area contributed by atoms with Gasteiger partial charge in [0.05, 0.1) is 18.5 Å². The minimum Gasteiger partial charge on any atom is -0.497 e. The van der Waals surface area contributed by atoms with E-state index in [1.807, 2.05) is 66.7 Å². The Bertz CT molecular complexity index is 880. The van der Waals surface area contributed by atoms with E-state index >= 15 is 0 Å². The normalized spacial score (nSPS) is 10.3. The van der Waals surface area contributed by atoms with E-state index in [-0.39, 0.29) is 6.03 Å². The lowest BCUT2D eigenvalue weighted by Gasteiger charge is -2.23. The molecule has 2 amide bonds. The summed E-state index contributed by atoms with van der Waals surface area (Å²) in [6.07, 6.45) is 0.716. The smallest absolute Gasteiger partial charge is 0.326 e. The Morgan fingerprint density at radius 2 is 1.67 bits per heavy atom. The minimum absolute atomic E-state index is 0.186. The minimum atomic E-state index is -0.186. The Hall–Kier alpha value is -3.47. The molecular formula is C22H23N3O2. The number of nitrogen functional groups attached to an aromatic ring is 1. The van der Waals surface area contributed by atoms with Crippen LogP contribution in [0.4, 0.5) is 21.9 Å². The van der Waals surface area contributed by atoms with Gasteiger partial charge in [0.1, 0.15) is 5.75 Å². The highest BCUT2D eigenvalue weighted by atomic mass is 16.5. The molecule has 0 atom stereocenters. The van der Waals surface area contributed by atoms with Gasteiger partial charge in [0.25, 0.3) is 0 Å². The van der Waals surface area contributed by atoms with Gasteiger partial charge in [-0.15, -0.1) is 0 Å². The van der Waals surface area contributed by atoms with Crippen LogP contribution in [0, 0.1) is 0 Å². The van der Waals surface area contributed by atoms with E-state index in [9.17, 15) is 4.79 Å². The number of nitrogens with zero attached hydrogens (tertiary/aromatic N) is 1. The number of urea groups is 1. The quantitative estimate of drug-likeness (QED) is 0.641. The molecule has 5 nitrogen and oxygen atoms in total. The molecule has 3 aromatic carbocycles. The van der Waals surface area contributed by atoms with Crippen LogP contribution in [0.1, 0.15) is 5.56 Å². The number of nitrogens with one attached hydrogen (secondary N) is 1. The zero-order chi connectivity index (χ0) is 19.1. The summed E-state index contributed by atoms with van der Waals surface area (Å²) in [6, 6.07) is 24.4. The number of nitrogens with two attached hydrogens (primary N) is 1. The first-order valence-electron chi connectivity index (χ1n) is 8.79. The van der Waals surface area contributed by atoms with Crippen molar-refractivity contribution in [3.8, 4) is 5.75 Å². The molecule has 27 heavy (non-hydrogen) atoms. The molecule has 3 N–H and O–H groups in total. The van der Waals surface area contributed by atoms with Crippen LogP contribution < -0.4 is 20.7 Å². The molecule has 0 spiro atoms. The molecule has 138 valence electrons. The molecule has 0 heterocycles. The molecule has 0 bridgehead atoms. The Morgan fingerprint density at radius 1 is 0.963 bits per heavy atom. The van der Waals surface area contributed by atoms with Crippen molar-refractivity contribution in [1.29, 1.82) is 0 Å². The number of rotatable bonds is 6. The largest absolute Gasteiger partial charge is 0.497 e. The second-order valence-corrected chi connectivity index (χ2v) is 6.10. The second kappa shape index (κ2) is 8.76. The molecule has 0 radical (unpaired) electrons. The summed E-state index contributed by atoms with van der Waals surface area (Å²) in [5, 5.41) is 3.00. The predicted octanol–water partition coefficient (Wildman–Crippen LogP) is 4.37. The number of amides is 2. The number of para-hydroxylation sites is 1. The fraction of sp³-hybridized carbons (Fsp3) is 0.136. The van der Waals surface area contributed by atoms with Gasteiger partial charge in [-0.25, -0.2) is 4.79 Å². The average molecular weight is 361 g/mol. The Morgan fingerprint density at radius 3 is 2.37 bits per heavy atom.